The molecule has 0 bridgehead atoms. The fourth-order valence-electron chi connectivity index (χ4n) is 1.34. The van der Waals surface area contributed by atoms with E-state index in [-0.39, 0.29) is 0 Å². The molecule has 0 saturated heterocycles. The van der Waals surface area contributed by atoms with Gasteiger partial charge in [0.2, 0.25) is 6.17 Å². The minimum absolute atomic E-state index is 0.559. The average Bonchev–Trinajstić information content (AvgIpc) is 2.68. The number of nitroso groups, excluding NO2 is 1. The van der Waals surface area contributed by atoms with Gasteiger partial charge < -0.3 is 0 Å². The van der Waals surface area contributed by atoms with Crippen LogP contribution in [-0.4, -0.2) is 20.2 Å². The Morgan fingerprint density at radius 2 is 2.07 bits per heavy atom. The molecular weight excluding hydrogens is 194 g/mol. The van der Waals surface area contributed by atoms with Crippen molar-refractivity contribution >= 4 is 0 Å². The molecule has 6 heteroatoms. The summed E-state index contributed by atoms with van der Waals surface area (Å²) in [5, 5.41) is 14.0. The summed E-state index contributed by atoms with van der Waals surface area (Å²) >= 11 is 0. The van der Waals surface area contributed by atoms with Crippen LogP contribution in [0.1, 0.15) is 17.6 Å². The van der Waals surface area contributed by atoms with Gasteiger partial charge >= 0.3 is 0 Å². The van der Waals surface area contributed by atoms with E-state index in [1.165, 1.54) is 4.68 Å². The largest absolute Gasteiger partial charge is 0.212 e. The van der Waals surface area contributed by atoms with Crippen molar-refractivity contribution in [3.63, 3.8) is 0 Å². The van der Waals surface area contributed by atoms with Gasteiger partial charge in [-0.3, -0.25) is 0 Å². The number of benzene rings is 1. The van der Waals surface area contributed by atoms with Crippen LogP contribution in [0, 0.1) is 11.8 Å². The smallest absolute Gasteiger partial charge is 0.197 e. The lowest BCUT2D eigenvalue weighted by Crippen LogP contribution is -2.11. The molecule has 0 spiro atoms. The molecule has 6 nitrogen and oxygen atoms in total. The first-order valence-corrected chi connectivity index (χ1v) is 4.45. The summed E-state index contributed by atoms with van der Waals surface area (Å²) in [7, 11) is 0. The molecule has 15 heavy (non-hydrogen) atoms. The molecule has 76 valence electrons. The van der Waals surface area contributed by atoms with Gasteiger partial charge in [-0.05, 0) is 22.5 Å². The highest BCUT2D eigenvalue weighted by molar-refractivity contribution is 5.19. The summed E-state index contributed by atoms with van der Waals surface area (Å²) in [4.78, 5) is 10.8. The van der Waals surface area contributed by atoms with E-state index in [0.29, 0.717) is 5.82 Å². The van der Waals surface area contributed by atoms with E-state index in [1.807, 2.05) is 30.3 Å². The molecule has 0 N–H and O–H groups in total. The van der Waals surface area contributed by atoms with Crippen molar-refractivity contribution in [2.24, 2.45) is 5.18 Å². The van der Waals surface area contributed by atoms with Crippen LogP contribution in [0.5, 0.6) is 0 Å². The zero-order valence-corrected chi connectivity index (χ0v) is 8.11. The van der Waals surface area contributed by atoms with Crippen LogP contribution in [0.2, 0.25) is 0 Å². The van der Waals surface area contributed by atoms with Gasteiger partial charge in [-0.25, -0.2) is 0 Å². The van der Waals surface area contributed by atoms with Crippen molar-refractivity contribution in [2.45, 2.75) is 13.1 Å². The van der Waals surface area contributed by atoms with E-state index in [1.54, 1.807) is 6.92 Å². The minimum Gasteiger partial charge on any atom is -0.197 e. The summed E-state index contributed by atoms with van der Waals surface area (Å²) in [5.74, 6) is 0.559. The Morgan fingerprint density at radius 3 is 2.60 bits per heavy atom. The maximum atomic E-state index is 10.8. The molecule has 1 aromatic heterocycles. The number of aromatic nitrogens is 4. The molecule has 0 aliphatic carbocycles. The number of hydrogen-bond donors (Lipinski definition) is 0. The molecule has 2 aromatic rings. The molecule has 0 amide bonds. The Kier molecular flexibility index (Phi) is 2.49. The lowest BCUT2D eigenvalue weighted by Gasteiger charge is -2.09. The van der Waals surface area contributed by atoms with Crippen molar-refractivity contribution in [2.75, 3.05) is 0 Å². The monoisotopic (exact) mass is 203 g/mol. The van der Waals surface area contributed by atoms with Crippen LogP contribution in [0.25, 0.3) is 0 Å². The van der Waals surface area contributed by atoms with Crippen molar-refractivity contribution in [1.82, 2.24) is 20.2 Å². The topological polar surface area (TPSA) is 73.0 Å². The Balaban J connectivity index is 2.42. The van der Waals surface area contributed by atoms with Crippen molar-refractivity contribution < 1.29 is 0 Å². The lowest BCUT2D eigenvalue weighted by molar-refractivity contribution is 0.510. The summed E-state index contributed by atoms with van der Waals surface area (Å²) in [6.45, 7) is 1.72. The molecule has 0 fully saturated rings. The SMILES string of the molecule is Cc1nnnn1C(N=O)c1ccccc1. The molecule has 1 atom stereocenters. The van der Waals surface area contributed by atoms with Crippen LogP contribution in [0.3, 0.4) is 0 Å². The zero-order chi connectivity index (χ0) is 10.7. The average molecular weight is 203 g/mol. The normalized spacial score (nSPS) is 12.3. The fraction of sp³-hybridized carbons (Fsp3) is 0.222. The number of hydrogen-bond acceptors (Lipinski definition) is 5. The van der Waals surface area contributed by atoms with Gasteiger partial charge in [0, 0.05) is 5.56 Å². The van der Waals surface area contributed by atoms with Crippen LogP contribution in [0.15, 0.2) is 35.5 Å². The van der Waals surface area contributed by atoms with E-state index in [9.17, 15) is 4.91 Å². The predicted octanol–water partition coefficient (Wildman–Crippen LogP) is 1.29. The van der Waals surface area contributed by atoms with E-state index in [2.05, 4.69) is 20.7 Å². The number of aryl methyl sites for hydroxylation is 1. The van der Waals surface area contributed by atoms with E-state index in [4.69, 9.17) is 0 Å². The van der Waals surface area contributed by atoms with Crippen molar-refractivity contribution in [1.29, 1.82) is 0 Å². The zero-order valence-electron chi connectivity index (χ0n) is 8.11. The second-order valence-corrected chi connectivity index (χ2v) is 3.06. The first kappa shape index (κ1) is 9.45. The van der Waals surface area contributed by atoms with E-state index >= 15 is 0 Å². The second-order valence-electron chi connectivity index (χ2n) is 3.06. The quantitative estimate of drug-likeness (QED) is 0.704. The van der Waals surface area contributed by atoms with E-state index < -0.39 is 6.17 Å². The second kappa shape index (κ2) is 3.95. The Hall–Kier alpha value is -2.11. The molecule has 1 heterocycles. The predicted molar refractivity (Wildman–Crippen MR) is 52.9 cm³/mol. The van der Waals surface area contributed by atoms with Crippen LogP contribution >= 0.6 is 0 Å². The molecule has 1 unspecified atom stereocenters. The Labute approximate surface area is 85.9 Å². The first-order chi connectivity index (χ1) is 7.33. The number of rotatable bonds is 3. The molecule has 1 aromatic carbocycles. The lowest BCUT2D eigenvalue weighted by atomic mass is 10.2. The third-order valence-electron chi connectivity index (χ3n) is 2.09. The van der Waals surface area contributed by atoms with Gasteiger partial charge in [-0.1, -0.05) is 30.3 Å². The minimum atomic E-state index is -0.693. The highest BCUT2D eigenvalue weighted by atomic mass is 16.3. The highest BCUT2D eigenvalue weighted by Crippen LogP contribution is 2.18. The van der Waals surface area contributed by atoms with Gasteiger partial charge in [0.15, 0.2) is 5.82 Å². The highest BCUT2D eigenvalue weighted by Gasteiger charge is 2.17. The first-order valence-electron chi connectivity index (χ1n) is 4.45. The summed E-state index contributed by atoms with van der Waals surface area (Å²) in [5.41, 5.74) is 0.767. The Morgan fingerprint density at radius 1 is 1.33 bits per heavy atom. The van der Waals surface area contributed by atoms with Gasteiger partial charge in [-0.2, -0.15) is 4.68 Å². The molecule has 0 aliphatic heterocycles. The summed E-state index contributed by atoms with van der Waals surface area (Å²) < 4.78 is 1.39. The Bertz CT molecular complexity index is 453. The third-order valence-corrected chi connectivity index (χ3v) is 2.09. The fourth-order valence-corrected chi connectivity index (χ4v) is 1.34. The van der Waals surface area contributed by atoms with Gasteiger partial charge in [0.25, 0.3) is 0 Å². The van der Waals surface area contributed by atoms with Crippen LogP contribution < -0.4 is 0 Å². The van der Waals surface area contributed by atoms with Crippen molar-refractivity contribution in [3.05, 3.63) is 46.6 Å². The molecular formula is C9H9N5O. The van der Waals surface area contributed by atoms with Gasteiger partial charge in [0.05, 0.1) is 0 Å². The number of nitrogens with zero attached hydrogens (tertiary/aromatic N) is 5. The standard InChI is InChI=1S/C9H9N5O/c1-7-10-12-13-14(7)9(11-15)8-5-3-2-4-6-8/h2-6,9H,1H3. The molecule has 0 aliphatic rings. The maximum absolute atomic E-state index is 10.8. The maximum Gasteiger partial charge on any atom is 0.212 e. The molecule has 0 radical (unpaired) electrons. The van der Waals surface area contributed by atoms with E-state index in [0.717, 1.165) is 5.56 Å². The summed E-state index contributed by atoms with van der Waals surface area (Å²) in [6, 6.07) is 9.18. The number of tetrazole rings is 1. The van der Waals surface area contributed by atoms with Gasteiger partial charge in [-0.15, -0.1) is 10.0 Å². The third kappa shape index (κ3) is 1.74. The van der Waals surface area contributed by atoms with Gasteiger partial charge in [0.1, 0.15) is 0 Å². The van der Waals surface area contributed by atoms with Crippen LogP contribution in [-0.2, 0) is 0 Å². The van der Waals surface area contributed by atoms with Crippen molar-refractivity contribution in [3.8, 4) is 0 Å². The van der Waals surface area contributed by atoms with Crippen LogP contribution in [0.4, 0.5) is 0 Å². The summed E-state index contributed by atoms with van der Waals surface area (Å²) in [6.07, 6.45) is -0.693. The molecule has 0 saturated carbocycles. The molecule has 2 rings (SSSR count).